The van der Waals surface area contributed by atoms with Crippen LogP contribution in [0.1, 0.15) is 35.6 Å². The summed E-state index contributed by atoms with van der Waals surface area (Å²) in [6.07, 6.45) is 3.68. The topological polar surface area (TPSA) is 63.7 Å². The van der Waals surface area contributed by atoms with Crippen molar-refractivity contribution in [2.24, 2.45) is 0 Å². The number of benzene rings is 1. The van der Waals surface area contributed by atoms with Crippen molar-refractivity contribution in [3.63, 3.8) is 0 Å². The number of anilines is 1. The highest BCUT2D eigenvalue weighted by Gasteiger charge is 2.34. The monoisotopic (exact) mass is 336 g/mol. The maximum Gasteiger partial charge on any atom is 0.372 e. The Morgan fingerprint density at radius 1 is 1.20 bits per heavy atom. The summed E-state index contributed by atoms with van der Waals surface area (Å²) < 4.78 is 1.56. The molecule has 0 spiro atoms. The fourth-order valence-electron chi connectivity index (χ4n) is 3.67. The molecule has 0 bridgehead atoms. The van der Waals surface area contributed by atoms with Crippen LogP contribution in [-0.4, -0.2) is 20.9 Å². The average Bonchev–Trinajstić information content (AvgIpc) is 3.20. The van der Waals surface area contributed by atoms with E-state index in [9.17, 15) is 10.1 Å². The number of aromatic nitrogens is 2. The van der Waals surface area contributed by atoms with E-state index in [2.05, 4.69) is 41.9 Å². The molecule has 0 N–H and O–H groups in total. The van der Waals surface area contributed by atoms with E-state index in [-0.39, 0.29) is 16.8 Å². The lowest BCUT2D eigenvalue weighted by Gasteiger charge is -2.25. The summed E-state index contributed by atoms with van der Waals surface area (Å²) in [5.74, 6) is 0.517. The van der Waals surface area contributed by atoms with Gasteiger partial charge < -0.3 is 15.0 Å². The van der Waals surface area contributed by atoms with E-state index < -0.39 is 0 Å². The molecule has 1 saturated heterocycles. The molecule has 1 aliphatic rings. The van der Waals surface area contributed by atoms with E-state index in [1.165, 1.54) is 16.7 Å². The van der Waals surface area contributed by atoms with E-state index >= 15 is 0 Å². The predicted molar refractivity (Wildman–Crippen MR) is 97.1 cm³/mol. The highest BCUT2D eigenvalue weighted by molar-refractivity contribution is 5.65. The Hall–Kier alpha value is -2.89. The second-order valence-electron chi connectivity index (χ2n) is 6.64. The van der Waals surface area contributed by atoms with Crippen LogP contribution in [0.15, 0.2) is 42.6 Å². The predicted octanol–water partition coefficient (Wildman–Crippen LogP) is 4.20. The first-order chi connectivity index (χ1) is 12.1. The molecule has 4 rings (SSSR count). The molecule has 6 heteroatoms. The van der Waals surface area contributed by atoms with E-state index in [4.69, 9.17) is 0 Å². The Bertz CT molecular complexity index is 963. The lowest BCUT2D eigenvalue weighted by Crippen LogP contribution is -2.24. The van der Waals surface area contributed by atoms with Crippen LogP contribution in [0.25, 0.3) is 5.65 Å². The molecule has 1 unspecified atom stereocenters. The number of pyridine rings is 1. The molecule has 0 amide bonds. The molecule has 0 saturated carbocycles. The molecule has 0 radical (unpaired) electrons. The summed E-state index contributed by atoms with van der Waals surface area (Å²) in [5.41, 5.74) is 4.31. The number of nitro groups is 1. The second kappa shape index (κ2) is 5.88. The number of rotatable bonds is 3. The van der Waals surface area contributed by atoms with Crippen LogP contribution in [-0.2, 0) is 0 Å². The summed E-state index contributed by atoms with van der Waals surface area (Å²) >= 11 is 0. The van der Waals surface area contributed by atoms with Gasteiger partial charge in [0.25, 0.3) is 0 Å². The number of nitrogens with zero attached hydrogens (tertiary/aromatic N) is 4. The first kappa shape index (κ1) is 15.6. The lowest BCUT2D eigenvalue weighted by molar-refractivity contribution is -0.389. The first-order valence-corrected chi connectivity index (χ1v) is 8.51. The van der Waals surface area contributed by atoms with Crippen molar-refractivity contribution in [3.05, 3.63) is 69.4 Å². The van der Waals surface area contributed by atoms with Crippen molar-refractivity contribution in [1.82, 2.24) is 9.38 Å². The summed E-state index contributed by atoms with van der Waals surface area (Å²) in [6, 6.07) is 12.0. The van der Waals surface area contributed by atoms with Gasteiger partial charge in [-0.05, 0) is 54.4 Å². The van der Waals surface area contributed by atoms with Crippen LogP contribution in [0.2, 0.25) is 0 Å². The molecular formula is C19H20N4O2. The van der Waals surface area contributed by atoms with Crippen LogP contribution in [0.5, 0.6) is 0 Å². The fraction of sp³-hybridized carbons (Fsp3) is 0.316. The zero-order valence-corrected chi connectivity index (χ0v) is 14.3. The van der Waals surface area contributed by atoms with Gasteiger partial charge in [0.2, 0.25) is 11.5 Å². The van der Waals surface area contributed by atoms with Gasteiger partial charge in [-0.2, -0.15) is 9.38 Å². The molecule has 128 valence electrons. The van der Waals surface area contributed by atoms with Crippen molar-refractivity contribution >= 4 is 17.3 Å². The van der Waals surface area contributed by atoms with Gasteiger partial charge in [0.1, 0.15) is 0 Å². The number of imidazole rings is 1. The van der Waals surface area contributed by atoms with Gasteiger partial charge in [-0.15, -0.1) is 0 Å². The molecule has 1 aliphatic heterocycles. The normalized spacial score (nSPS) is 17.4. The van der Waals surface area contributed by atoms with Gasteiger partial charge in [-0.3, -0.25) is 0 Å². The van der Waals surface area contributed by atoms with E-state index in [0.717, 1.165) is 19.4 Å². The maximum atomic E-state index is 11.7. The van der Waals surface area contributed by atoms with Gasteiger partial charge in [0.05, 0.1) is 12.2 Å². The van der Waals surface area contributed by atoms with E-state index in [1.54, 1.807) is 22.7 Å². The summed E-state index contributed by atoms with van der Waals surface area (Å²) in [6.45, 7) is 4.98. The Labute approximate surface area is 145 Å². The fourth-order valence-corrected chi connectivity index (χ4v) is 3.67. The highest BCUT2D eigenvalue weighted by atomic mass is 16.6. The smallest absolute Gasteiger partial charge is 0.358 e. The minimum atomic E-state index is -0.328. The Morgan fingerprint density at radius 2 is 2.04 bits per heavy atom. The second-order valence-corrected chi connectivity index (χ2v) is 6.64. The minimum absolute atomic E-state index is 0.0475. The molecule has 0 aliphatic carbocycles. The zero-order chi connectivity index (χ0) is 17.6. The summed E-state index contributed by atoms with van der Waals surface area (Å²) in [5, 5.41) is 11.7. The summed E-state index contributed by atoms with van der Waals surface area (Å²) in [7, 11) is 0. The van der Waals surface area contributed by atoms with Crippen molar-refractivity contribution < 1.29 is 4.92 Å². The molecule has 2 aromatic heterocycles. The Kier molecular flexibility index (Phi) is 3.67. The van der Waals surface area contributed by atoms with Crippen molar-refractivity contribution in [2.45, 2.75) is 32.7 Å². The van der Waals surface area contributed by atoms with E-state index in [0.29, 0.717) is 11.5 Å². The number of hydrogen-bond acceptors (Lipinski definition) is 4. The Morgan fingerprint density at radius 3 is 2.80 bits per heavy atom. The quantitative estimate of drug-likeness (QED) is 0.531. The van der Waals surface area contributed by atoms with Gasteiger partial charge in [0.15, 0.2) is 0 Å². The van der Waals surface area contributed by atoms with Gasteiger partial charge in [0, 0.05) is 12.6 Å². The zero-order valence-electron chi connectivity index (χ0n) is 14.3. The Balaban J connectivity index is 1.83. The van der Waals surface area contributed by atoms with Gasteiger partial charge >= 0.3 is 5.82 Å². The molecule has 1 fully saturated rings. The number of hydrogen-bond donors (Lipinski definition) is 0. The minimum Gasteiger partial charge on any atom is -0.358 e. The van der Waals surface area contributed by atoms with Crippen LogP contribution in [0.4, 0.5) is 11.6 Å². The van der Waals surface area contributed by atoms with Crippen molar-refractivity contribution in [2.75, 3.05) is 11.4 Å². The third kappa shape index (κ3) is 2.54. The summed E-state index contributed by atoms with van der Waals surface area (Å²) in [4.78, 5) is 18.1. The van der Waals surface area contributed by atoms with Gasteiger partial charge in [-0.25, -0.2) is 0 Å². The first-order valence-electron chi connectivity index (χ1n) is 8.51. The van der Waals surface area contributed by atoms with Crippen LogP contribution in [0.3, 0.4) is 0 Å². The van der Waals surface area contributed by atoms with Crippen molar-refractivity contribution in [1.29, 1.82) is 0 Å². The van der Waals surface area contributed by atoms with Crippen LogP contribution in [0, 0.1) is 24.0 Å². The van der Waals surface area contributed by atoms with Crippen molar-refractivity contribution in [3.8, 4) is 0 Å². The third-order valence-electron chi connectivity index (χ3n) is 5.10. The van der Waals surface area contributed by atoms with Gasteiger partial charge in [-0.1, -0.05) is 24.3 Å². The molecule has 3 heterocycles. The van der Waals surface area contributed by atoms with Crippen LogP contribution < -0.4 is 4.90 Å². The SMILES string of the molecule is Cc1ccc(C2CCCN2c2nc3ccccn3c2[N+](=O)[O-])cc1C. The lowest BCUT2D eigenvalue weighted by atomic mass is 9.99. The van der Waals surface area contributed by atoms with E-state index in [1.807, 2.05) is 6.07 Å². The molecule has 6 nitrogen and oxygen atoms in total. The molecule has 3 aromatic rings. The van der Waals surface area contributed by atoms with Crippen LogP contribution >= 0.6 is 0 Å². The molecule has 25 heavy (non-hydrogen) atoms. The number of fused-ring (bicyclic) bond motifs is 1. The number of aryl methyl sites for hydroxylation is 2. The molecule has 1 atom stereocenters. The highest BCUT2D eigenvalue weighted by Crippen LogP contribution is 2.40. The largest absolute Gasteiger partial charge is 0.372 e. The molecule has 1 aromatic carbocycles. The standard InChI is InChI=1S/C19H20N4O2/c1-13-8-9-15(12-14(13)2)16-6-5-11-21(16)18-19(23(24)25)22-10-4-3-7-17(22)20-18/h3-4,7-10,12,16H,5-6,11H2,1-2H3. The molecular weight excluding hydrogens is 316 g/mol. The maximum absolute atomic E-state index is 11.7. The average molecular weight is 336 g/mol. The third-order valence-corrected chi connectivity index (χ3v) is 5.10.